The molecule has 1 heterocycles. The van der Waals surface area contributed by atoms with Crippen LogP contribution in [0.5, 0.6) is 0 Å². The summed E-state index contributed by atoms with van der Waals surface area (Å²) in [7, 11) is 0. The number of amides is 1. The number of aromatic amines is 1. The van der Waals surface area contributed by atoms with Gasteiger partial charge in [0, 0.05) is 25.2 Å². The van der Waals surface area contributed by atoms with Crippen molar-refractivity contribution in [2.24, 2.45) is 0 Å². The summed E-state index contributed by atoms with van der Waals surface area (Å²) >= 11 is 0. The van der Waals surface area contributed by atoms with Gasteiger partial charge in [-0.25, -0.2) is 4.98 Å². The van der Waals surface area contributed by atoms with Crippen LogP contribution in [0.25, 0.3) is 0 Å². The molecule has 0 bridgehead atoms. The zero-order valence-corrected chi connectivity index (χ0v) is 12.5. The van der Waals surface area contributed by atoms with E-state index in [1.807, 2.05) is 25.7 Å². The number of hydrogen-bond donors (Lipinski definition) is 1. The molecule has 0 atom stereocenters. The molecule has 0 saturated carbocycles. The Kier molecular flexibility index (Phi) is 7.23. The smallest absolute Gasteiger partial charge is 0.222 e. The van der Waals surface area contributed by atoms with E-state index in [0.717, 1.165) is 56.7 Å². The average molecular weight is 264 g/mol. The highest BCUT2D eigenvalue weighted by Gasteiger charge is 2.08. The molecule has 4 heteroatoms. The molecule has 1 amide bonds. The summed E-state index contributed by atoms with van der Waals surface area (Å²) in [5.41, 5.74) is 1.09. The van der Waals surface area contributed by atoms with Gasteiger partial charge in [-0.3, -0.25) is 4.79 Å². The minimum atomic E-state index is 0.294. The van der Waals surface area contributed by atoms with Gasteiger partial charge in [0.1, 0.15) is 12.0 Å². The highest BCUT2D eigenvalue weighted by atomic mass is 16.2. The normalized spacial score (nSPS) is 10.7. The maximum Gasteiger partial charge on any atom is 0.222 e. The van der Waals surface area contributed by atoms with E-state index in [4.69, 9.17) is 0 Å². The third kappa shape index (κ3) is 5.90. The van der Waals surface area contributed by atoms with Crippen molar-refractivity contribution >= 4 is 5.91 Å². The molecule has 0 aliphatic carbocycles. The van der Waals surface area contributed by atoms with Crippen LogP contribution in [0.2, 0.25) is 0 Å². The summed E-state index contributed by atoms with van der Waals surface area (Å²) < 4.78 is 0. The largest absolute Gasteiger partial charge is 0.346 e. The molecule has 1 aromatic rings. The summed E-state index contributed by atoms with van der Waals surface area (Å²) in [6.07, 6.45) is 9.10. The molecular weight excluding hydrogens is 238 g/mol. The molecule has 0 aliphatic heterocycles. The maximum atomic E-state index is 11.8. The minimum Gasteiger partial charge on any atom is -0.346 e. The average Bonchev–Trinajstić information content (AvgIpc) is 2.81. The van der Waals surface area contributed by atoms with Crippen molar-refractivity contribution in [3.63, 3.8) is 0 Å². The maximum absolute atomic E-state index is 11.8. The highest BCUT2D eigenvalue weighted by molar-refractivity contribution is 5.75. The Bertz CT molecular complexity index is 369. The Balaban J connectivity index is 2.03. The third-order valence-corrected chi connectivity index (χ3v) is 3.37. The lowest BCUT2D eigenvalue weighted by atomic mass is 10.1. The third-order valence-electron chi connectivity index (χ3n) is 3.37. The first-order valence-corrected chi connectivity index (χ1v) is 7.38. The number of nitrogens with one attached hydrogen (secondary N) is 1. The molecule has 1 N–H and O–H groups in total. The molecule has 1 aromatic heterocycles. The number of carbonyl (C=O) groups excluding carboxylic acids is 1. The van der Waals surface area contributed by atoms with Crippen LogP contribution in [0.4, 0.5) is 0 Å². The monoisotopic (exact) mass is 264 g/mol. The molecule has 1 radical (unpaired) electrons. The van der Waals surface area contributed by atoms with Crippen molar-refractivity contribution in [3.05, 3.63) is 17.7 Å². The van der Waals surface area contributed by atoms with Gasteiger partial charge in [0.25, 0.3) is 0 Å². The van der Waals surface area contributed by atoms with Crippen LogP contribution in [0, 0.1) is 13.1 Å². The fourth-order valence-electron chi connectivity index (χ4n) is 2.21. The Morgan fingerprint density at radius 2 is 1.89 bits per heavy atom. The fraction of sp³-hybridized carbons (Fsp3) is 0.733. The molecule has 0 fully saturated rings. The van der Waals surface area contributed by atoms with Crippen LogP contribution in [0.3, 0.4) is 0 Å². The van der Waals surface area contributed by atoms with E-state index in [1.54, 1.807) is 0 Å². The molecule has 0 saturated heterocycles. The number of unbranched alkanes of at least 4 members (excludes halogenated alkanes) is 3. The van der Waals surface area contributed by atoms with Gasteiger partial charge in [-0.1, -0.05) is 12.8 Å². The number of imidazole rings is 1. The number of H-pyrrole nitrogens is 1. The van der Waals surface area contributed by atoms with E-state index in [9.17, 15) is 4.79 Å². The zero-order valence-electron chi connectivity index (χ0n) is 12.5. The number of aromatic nitrogens is 2. The molecule has 19 heavy (non-hydrogen) atoms. The Hall–Kier alpha value is -1.32. The molecule has 0 spiro atoms. The van der Waals surface area contributed by atoms with E-state index >= 15 is 0 Å². The van der Waals surface area contributed by atoms with Crippen LogP contribution in [0.15, 0.2) is 0 Å². The van der Waals surface area contributed by atoms with Gasteiger partial charge >= 0.3 is 0 Å². The second-order valence-corrected chi connectivity index (χ2v) is 4.89. The van der Waals surface area contributed by atoms with Gasteiger partial charge in [-0.05, 0) is 40.0 Å². The van der Waals surface area contributed by atoms with E-state index in [1.165, 1.54) is 0 Å². The first kappa shape index (κ1) is 15.7. The van der Waals surface area contributed by atoms with Crippen LogP contribution < -0.4 is 0 Å². The molecule has 0 unspecified atom stereocenters. The van der Waals surface area contributed by atoms with Crippen molar-refractivity contribution in [1.29, 1.82) is 0 Å². The van der Waals surface area contributed by atoms with Crippen molar-refractivity contribution in [1.82, 2.24) is 14.9 Å². The standard InChI is InChI=1S/C15H26N3O/c1-4-18(5-2)15(19)11-9-7-6-8-10-14-12-16-13(3)17-14/h4-11H2,1-3H3,(H,16,17). The first-order chi connectivity index (χ1) is 9.17. The lowest BCUT2D eigenvalue weighted by Gasteiger charge is -2.18. The summed E-state index contributed by atoms with van der Waals surface area (Å²) in [6, 6.07) is 0. The number of aryl methyl sites for hydroxylation is 2. The lowest BCUT2D eigenvalue weighted by Crippen LogP contribution is -2.30. The second kappa shape index (κ2) is 8.73. The van der Waals surface area contributed by atoms with Gasteiger partial charge < -0.3 is 9.88 Å². The van der Waals surface area contributed by atoms with Crippen molar-refractivity contribution in [2.75, 3.05) is 13.1 Å². The van der Waals surface area contributed by atoms with E-state index < -0.39 is 0 Å². The molecule has 4 nitrogen and oxygen atoms in total. The quantitative estimate of drug-likeness (QED) is 0.697. The zero-order chi connectivity index (χ0) is 14.1. The summed E-state index contributed by atoms with van der Waals surface area (Å²) in [5.74, 6) is 1.22. The predicted molar refractivity (Wildman–Crippen MR) is 76.9 cm³/mol. The lowest BCUT2D eigenvalue weighted by molar-refractivity contribution is -0.130. The molecule has 0 aromatic carbocycles. The summed E-state index contributed by atoms with van der Waals surface area (Å²) in [4.78, 5) is 20.9. The van der Waals surface area contributed by atoms with Gasteiger partial charge in [-0.2, -0.15) is 0 Å². The van der Waals surface area contributed by atoms with Crippen molar-refractivity contribution in [3.8, 4) is 0 Å². The summed E-state index contributed by atoms with van der Waals surface area (Å²) in [6.45, 7) is 7.65. The number of rotatable bonds is 9. The highest BCUT2D eigenvalue weighted by Crippen LogP contribution is 2.08. The predicted octanol–water partition coefficient (Wildman–Crippen LogP) is 2.88. The van der Waals surface area contributed by atoms with Gasteiger partial charge in [0.2, 0.25) is 5.91 Å². The number of nitrogens with zero attached hydrogens (tertiary/aromatic N) is 2. The molecule has 0 aliphatic rings. The van der Waals surface area contributed by atoms with Crippen LogP contribution in [-0.2, 0) is 11.2 Å². The second-order valence-electron chi connectivity index (χ2n) is 4.89. The summed E-state index contributed by atoms with van der Waals surface area (Å²) in [5, 5.41) is 0. The molecule has 1 rings (SSSR count). The van der Waals surface area contributed by atoms with E-state index in [2.05, 4.69) is 16.2 Å². The Labute approximate surface area is 116 Å². The molecule has 107 valence electrons. The van der Waals surface area contributed by atoms with Crippen molar-refractivity contribution in [2.45, 2.75) is 59.3 Å². The van der Waals surface area contributed by atoms with Crippen LogP contribution >= 0.6 is 0 Å². The first-order valence-electron chi connectivity index (χ1n) is 7.38. The van der Waals surface area contributed by atoms with E-state index in [0.29, 0.717) is 12.3 Å². The van der Waals surface area contributed by atoms with E-state index in [-0.39, 0.29) is 0 Å². The Morgan fingerprint density at radius 3 is 2.47 bits per heavy atom. The SMILES string of the molecule is CCN(CC)C(=O)CCCCCCc1[c]nc(C)[nH]1. The topological polar surface area (TPSA) is 49.0 Å². The van der Waals surface area contributed by atoms with Gasteiger partial charge in [0.05, 0.1) is 0 Å². The number of hydrogen-bond acceptors (Lipinski definition) is 2. The van der Waals surface area contributed by atoms with Crippen LogP contribution in [0.1, 0.15) is 57.5 Å². The minimum absolute atomic E-state index is 0.294. The van der Waals surface area contributed by atoms with Gasteiger partial charge in [0.15, 0.2) is 0 Å². The Morgan fingerprint density at radius 1 is 1.21 bits per heavy atom. The van der Waals surface area contributed by atoms with Gasteiger partial charge in [-0.15, -0.1) is 0 Å². The fourth-order valence-corrected chi connectivity index (χ4v) is 2.21. The molecular formula is C15H26N3O. The number of carbonyl (C=O) groups is 1. The van der Waals surface area contributed by atoms with Crippen LogP contribution in [-0.4, -0.2) is 33.9 Å². The van der Waals surface area contributed by atoms with Crippen molar-refractivity contribution < 1.29 is 4.79 Å².